The first-order chi connectivity index (χ1) is 13.1. The minimum atomic E-state index is -4.47. The van der Waals surface area contributed by atoms with Crippen LogP contribution < -0.4 is 0 Å². The van der Waals surface area contributed by atoms with Crippen LogP contribution in [0.1, 0.15) is 41.4 Å². The molecule has 0 aliphatic rings. The van der Waals surface area contributed by atoms with Crippen molar-refractivity contribution in [2.24, 2.45) is 0 Å². The third kappa shape index (κ3) is 3.75. The number of benzene rings is 2. The summed E-state index contributed by atoms with van der Waals surface area (Å²) in [6.07, 6.45) is -4.47. The van der Waals surface area contributed by atoms with E-state index < -0.39 is 17.7 Å². The number of carbonyl (C=O) groups is 1. The second-order valence-corrected chi connectivity index (χ2v) is 6.97. The molecule has 0 atom stereocenters. The Hall–Kier alpha value is -2.80. The van der Waals surface area contributed by atoms with Crippen molar-refractivity contribution in [3.8, 4) is 16.9 Å². The molecule has 1 N–H and O–H groups in total. The van der Waals surface area contributed by atoms with E-state index in [9.17, 15) is 23.1 Å². The van der Waals surface area contributed by atoms with Gasteiger partial charge in [-0.1, -0.05) is 37.6 Å². The van der Waals surface area contributed by atoms with Gasteiger partial charge in [-0.2, -0.15) is 18.3 Å². The highest BCUT2D eigenvalue weighted by Crippen LogP contribution is 2.34. The zero-order valence-electron chi connectivity index (χ0n) is 15.0. The van der Waals surface area contributed by atoms with E-state index in [-0.39, 0.29) is 17.2 Å². The molecule has 0 radical (unpaired) electrons. The van der Waals surface area contributed by atoms with Crippen molar-refractivity contribution >= 4 is 17.6 Å². The Morgan fingerprint density at radius 2 is 1.64 bits per heavy atom. The zero-order valence-corrected chi connectivity index (χ0v) is 15.7. The number of aromatic carboxylic acids is 1. The van der Waals surface area contributed by atoms with Gasteiger partial charge in [0, 0.05) is 10.6 Å². The number of aromatic nitrogens is 2. The lowest BCUT2D eigenvalue weighted by atomic mass is 9.99. The molecule has 0 amide bonds. The molecule has 1 heterocycles. The summed E-state index contributed by atoms with van der Waals surface area (Å²) in [6.45, 7) is 3.65. The van der Waals surface area contributed by atoms with E-state index in [0.29, 0.717) is 22.0 Å². The van der Waals surface area contributed by atoms with Crippen LogP contribution in [0.4, 0.5) is 13.2 Å². The highest BCUT2D eigenvalue weighted by molar-refractivity contribution is 6.30. The predicted molar refractivity (Wildman–Crippen MR) is 100 cm³/mol. The zero-order chi connectivity index (χ0) is 20.6. The molecule has 0 unspecified atom stereocenters. The Balaban J connectivity index is 2.22. The van der Waals surface area contributed by atoms with E-state index in [1.165, 1.54) is 16.8 Å². The summed E-state index contributed by atoms with van der Waals surface area (Å²) in [5.41, 5.74) is 0.609. The first-order valence-corrected chi connectivity index (χ1v) is 8.77. The van der Waals surface area contributed by atoms with Crippen LogP contribution in [0.3, 0.4) is 0 Å². The minimum absolute atomic E-state index is 0.0373. The molecule has 0 fully saturated rings. The molecule has 0 bridgehead atoms. The fraction of sp³-hybridized carbons (Fsp3) is 0.200. The average Bonchev–Trinajstić information content (AvgIpc) is 3.03. The minimum Gasteiger partial charge on any atom is -0.478 e. The van der Waals surface area contributed by atoms with Crippen LogP contribution in [0.25, 0.3) is 16.9 Å². The van der Waals surface area contributed by atoms with Crippen molar-refractivity contribution in [2.75, 3.05) is 0 Å². The van der Waals surface area contributed by atoms with E-state index in [2.05, 4.69) is 5.10 Å². The molecule has 8 heteroatoms. The molecular formula is C20H16ClF3N2O2. The number of alkyl halides is 3. The second kappa shape index (κ2) is 7.31. The molecule has 1 aromatic heterocycles. The van der Waals surface area contributed by atoms with E-state index in [1.807, 2.05) is 13.8 Å². The SMILES string of the molecule is CC(C)c1c(C(=O)O)c(-c2ccc(C(F)(F)F)cc2)nn1-c1ccc(Cl)cc1. The number of hydrogen-bond acceptors (Lipinski definition) is 2. The number of carboxylic acid groups (broad SMARTS) is 1. The Bertz CT molecular complexity index is 1010. The molecule has 3 aromatic rings. The van der Waals surface area contributed by atoms with Gasteiger partial charge in [-0.3, -0.25) is 0 Å². The Labute approximate surface area is 164 Å². The van der Waals surface area contributed by atoms with Gasteiger partial charge in [0.25, 0.3) is 0 Å². The largest absolute Gasteiger partial charge is 0.478 e. The summed E-state index contributed by atoms with van der Waals surface area (Å²) in [5, 5.41) is 14.7. The summed E-state index contributed by atoms with van der Waals surface area (Å²) < 4.78 is 40.0. The van der Waals surface area contributed by atoms with Crippen LogP contribution in [0.15, 0.2) is 48.5 Å². The molecule has 0 aliphatic heterocycles. The molecule has 28 heavy (non-hydrogen) atoms. The van der Waals surface area contributed by atoms with E-state index in [4.69, 9.17) is 11.6 Å². The highest BCUT2D eigenvalue weighted by Gasteiger charge is 2.31. The quantitative estimate of drug-likeness (QED) is 0.573. The standard InChI is InChI=1S/C20H16ClF3N2O2/c1-11(2)18-16(19(27)28)17(12-3-5-13(6-4-12)20(22,23)24)25-26(18)15-9-7-14(21)8-10-15/h3-11H,1-2H3,(H,27,28). The molecule has 4 nitrogen and oxygen atoms in total. The lowest BCUT2D eigenvalue weighted by molar-refractivity contribution is -0.137. The smallest absolute Gasteiger partial charge is 0.416 e. The van der Waals surface area contributed by atoms with Crippen molar-refractivity contribution in [1.82, 2.24) is 9.78 Å². The molecule has 3 rings (SSSR count). The molecule has 2 aromatic carbocycles. The van der Waals surface area contributed by atoms with Gasteiger partial charge >= 0.3 is 12.1 Å². The second-order valence-electron chi connectivity index (χ2n) is 6.53. The molecular weight excluding hydrogens is 393 g/mol. The first kappa shape index (κ1) is 19.9. The number of nitrogens with zero attached hydrogens (tertiary/aromatic N) is 2. The molecule has 146 valence electrons. The number of halogens is 4. The van der Waals surface area contributed by atoms with Crippen molar-refractivity contribution in [2.45, 2.75) is 25.9 Å². The van der Waals surface area contributed by atoms with Crippen molar-refractivity contribution in [3.05, 3.63) is 70.4 Å². The van der Waals surface area contributed by atoms with E-state index >= 15 is 0 Å². The Morgan fingerprint density at radius 1 is 1.07 bits per heavy atom. The third-order valence-electron chi connectivity index (χ3n) is 4.24. The van der Waals surface area contributed by atoms with Gasteiger partial charge in [0.2, 0.25) is 0 Å². The van der Waals surface area contributed by atoms with Crippen LogP contribution in [0, 0.1) is 0 Å². The van der Waals surface area contributed by atoms with Crippen molar-refractivity contribution < 1.29 is 23.1 Å². The normalized spacial score (nSPS) is 11.8. The van der Waals surface area contributed by atoms with Crippen LogP contribution in [0.5, 0.6) is 0 Å². The van der Waals surface area contributed by atoms with E-state index in [1.54, 1.807) is 24.3 Å². The maximum Gasteiger partial charge on any atom is 0.416 e. The number of hydrogen-bond donors (Lipinski definition) is 1. The van der Waals surface area contributed by atoms with Gasteiger partial charge in [0.15, 0.2) is 0 Å². The summed E-state index contributed by atoms with van der Waals surface area (Å²) in [4.78, 5) is 12.0. The van der Waals surface area contributed by atoms with Gasteiger partial charge in [0.1, 0.15) is 11.3 Å². The number of carboxylic acids is 1. The predicted octanol–water partition coefficient (Wildman–Crippen LogP) is 6.03. The third-order valence-corrected chi connectivity index (χ3v) is 4.49. The molecule has 0 saturated heterocycles. The Morgan fingerprint density at radius 3 is 2.11 bits per heavy atom. The van der Waals surface area contributed by atoms with Crippen LogP contribution in [0.2, 0.25) is 5.02 Å². The van der Waals surface area contributed by atoms with Gasteiger partial charge in [0.05, 0.1) is 16.9 Å². The summed E-state index contributed by atoms with van der Waals surface area (Å²) >= 11 is 5.92. The maximum absolute atomic E-state index is 12.8. The topological polar surface area (TPSA) is 55.1 Å². The van der Waals surface area contributed by atoms with Gasteiger partial charge in [-0.25, -0.2) is 9.48 Å². The fourth-order valence-electron chi connectivity index (χ4n) is 2.97. The maximum atomic E-state index is 12.8. The molecule has 0 aliphatic carbocycles. The fourth-order valence-corrected chi connectivity index (χ4v) is 3.10. The summed E-state index contributed by atoms with van der Waals surface area (Å²) in [7, 11) is 0. The van der Waals surface area contributed by atoms with E-state index in [0.717, 1.165) is 12.1 Å². The first-order valence-electron chi connectivity index (χ1n) is 8.39. The summed E-state index contributed by atoms with van der Waals surface area (Å²) in [5.74, 6) is -1.39. The van der Waals surface area contributed by atoms with Crippen molar-refractivity contribution in [3.63, 3.8) is 0 Å². The lowest BCUT2D eigenvalue weighted by Gasteiger charge is -2.11. The van der Waals surface area contributed by atoms with Crippen LogP contribution in [-0.4, -0.2) is 20.9 Å². The lowest BCUT2D eigenvalue weighted by Crippen LogP contribution is -2.08. The summed E-state index contributed by atoms with van der Waals surface area (Å²) in [6, 6.07) is 11.0. The number of rotatable bonds is 4. The van der Waals surface area contributed by atoms with Crippen LogP contribution >= 0.6 is 11.6 Å². The molecule has 0 spiro atoms. The Kier molecular flexibility index (Phi) is 5.21. The monoisotopic (exact) mass is 408 g/mol. The van der Waals surface area contributed by atoms with Gasteiger partial charge < -0.3 is 5.11 Å². The van der Waals surface area contributed by atoms with Crippen molar-refractivity contribution in [1.29, 1.82) is 0 Å². The van der Waals surface area contributed by atoms with Gasteiger partial charge in [-0.05, 0) is 42.3 Å². The highest BCUT2D eigenvalue weighted by atomic mass is 35.5. The average molecular weight is 409 g/mol. The van der Waals surface area contributed by atoms with Crippen LogP contribution in [-0.2, 0) is 6.18 Å². The molecule has 0 saturated carbocycles. The van der Waals surface area contributed by atoms with Gasteiger partial charge in [-0.15, -0.1) is 0 Å².